The summed E-state index contributed by atoms with van der Waals surface area (Å²) in [4.78, 5) is 4.82. The second kappa shape index (κ2) is 16.7. The van der Waals surface area contributed by atoms with Crippen molar-refractivity contribution in [2.45, 2.75) is 116 Å². The molecule has 4 rings (SSSR count). The van der Waals surface area contributed by atoms with Gasteiger partial charge in [-0.2, -0.15) is 0 Å². The Hall–Kier alpha value is -2.85. The Bertz CT molecular complexity index is 1320. The van der Waals surface area contributed by atoms with Gasteiger partial charge >= 0.3 is 0 Å². The van der Waals surface area contributed by atoms with Crippen molar-refractivity contribution in [3.8, 4) is 28.3 Å². The summed E-state index contributed by atoms with van der Waals surface area (Å²) < 4.78 is 12.2. The van der Waals surface area contributed by atoms with Crippen LogP contribution in [0.4, 0.5) is 0 Å². The molecule has 0 saturated heterocycles. The molecule has 0 aliphatic heterocycles. The third-order valence-electron chi connectivity index (χ3n) is 8.57. The molecule has 42 heavy (non-hydrogen) atoms. The summed E-state index contributed by atoms with van der Waals surface area (Å²) in [7, 11) is -1.07. The van der Waals surface area contributed by atoms with E-state index in [1.165, 1.54) is 99.4 Å². The summed E-state index contributed by atoms with van der Waals surface area (Å²) in [5.41, 5.74) is 6.50. The molecule has 3 aromatic carbocycles. The van der Waals surface area contributed by atoms with Crippen LogP contribution in [0.5, 0.6) is 5.75 Å². The second-order valence-electron chi connectivity index (χ2n) is 12.9. The van der Waals surface area contributed by atoms with E-state index < -0.39 is 8.07 Å². The summed E-state index contributed by atoms with van der Waals surface area (Å²) in [6, 6.07) is 26.3. The Labute approximate surface area is 256 Å². The molecule has 1 aromatic heterocycles. The van der Waals surface area contributed by atoms with E-state index in [4.69, 9.17) is 14.1 Å². The maximum Gasteiger partial charge on any atom is 0.227 e. The Morgan fingerprint density at radius 1 is 0.643 bits per heavy atom. The quantitative estimate of drug-likeness (QED) is 0.0813. The number of ether oxygens (including phenoxy) is 1. The Morgan fingerprint density at radius 2 is 1.26 bits per heavy atom. The lowest BCUT2D eigenvalue weighted by molar-refractivity contribution is 0.316. The second-order valence-corrected chi connectivity index (χ2v) is 18.2. The lowest BCUT2D eigenvalue weighted by Gasteiger charge is -2.21. The zero-order valence-electron chi connectivity index (χ0n) is 26.7. The number of oxazole rings is 1. The van der Waals surface area contributed by atoms with Gasteiger partial charge in [0.05, 0.1) is 6.61 Å². The van der Waals surface area contributed by atoms with Crippen molar-refractivity contribution in [2.75, 3.05) is 6.61 Å². The molecule has 0 saturated carbocycles. The smallest absolute Gasteiger partial charge is 0.227 e. The minimum Gasteiger partial charge on any atom is -0.494 e. The van der Waals surface area contributed by atoms with Gasteiger partial charge in [-0.15, -0.1) is 0 Å². The lowest BCUT2D eigenvalue weighted by atomic mass is 10.0. The average molecular weight is 584 g/mol. The standard InChI is InChI=1S/C38H53NO2Si/c1-5-7-9-10-11-12-13-14-16-31-17-19-32(20-18-31)34-23-26-37-36(30-34)39-38(41-37)33-21-24-35(25-22-33)40-27-15-29-42(3,4)28-8-6-2/h17-26,30H,5-16,27-29H2,1-4H3. The summed E-state index contributed by atoms with van der Waals surface area (Å²) in [6.07, 6.45) is 15.9. The fourth-order valence-electron chi connectivity index (χ4n) is 5.77. The molecule has 0 N–H and O–H groups in total. The molecule has 0 fully saturated rings. The zero-order valence-corrected chi connectivity index (χ0v) is 27.7. The topological polar surface area (TPSA) is 35.3 Å². The maximum atomic E-state index is 6.12. The van der Waals surface area contributed by atoms with Gasteiger partial charge in [0.2, 0.25) is 5.89 Å². The van der Waals surface area contributed by atoms with Crippen molar-refractivity contribution in [3.05, 3.63) is 72.3 Å². The van der Waals surface area contributed by atoms with Crippen LogP contribution in [-0.4, -0.2) is 19.7 Å². The number of unbranched alkanes of at least 4 members (excludes halogenated alkanes) is 8. The Morgan fingerprint density at radius 3 is 1.98 bits per heavy atom. The van der Waals surface area contributed by atoms with E-state index in [2.05, 4.69) is 63.3 Å². The zero-order chi connectivity index (χ0) is 29.6. The number of aryl methyl sites for hydroxylation is 1. The maximum absolute atomic E-state index is 6.12. The summed E-state index contributed by atoms with van der Waals surface area (Å²) in [5.74, 6) is 1.56. The number of aromatic nitrogens is 1. The van der Waals surface area contributed by atoms with Gasteiger partial charge in [-0.1, -0.05) is 127 Å². The number of benzene rings is 3. The van der Waals surface area contributed by atoms with Gasteiger partial charge in [0, 0.05) is 13.6 Å². The van der Waals surface area contributed by atoms with Crippen molar-refractivity contribution in [2.24, 2.45) is 0 Å². The van der Waals surface area contributed by atoms with Gasteiger partial charge in [0.15, 0.2) is 5.58 Å². The molecule has 0 bridgehead atoms. The van der Waals surface area contributed by atoms with E-state index in [1.54, 1.807) is 0 Å². The van der Waals surface area contributed by atoms with E-state index in [1.807, 2.05) is 30.3 Å². The van der Waals surface area contributed by atoms with Gasteiger partial charge in [0.1, 0.15) is 11.3 Å². The SMILES string of the molecule is CCCCCCCCCCc1ccc(-c2ccc3oc(-c4ccc(OCCC[Si](C)(C)CCCC)cc4)nc3c2)cc1. The molecule has 3 nitrogen and oxygen atoms in total. The predicted molar refractivity (Wildman–Crippen MR) is 183 cm³/mol. The Kier molecular flexibility index (Phi) is 12.7. The van der Waals surface area contributed by atoms with Crippen LogP contribution < -0.4 is 4.74 Å². The van der Waals surface area contributed by atoms with Crippen molar-refractivity contribution >= 4 is 19.2 Å². The molecular weight excluding hydrogens is 531 g/mol. The minimum absolute atomic E-state index is 0.651. The van der Waals surface area contributed by atoms with Crippen molar-refractivity contribution in [1.82, 2.24) is 4.98 Å². The molecule has 4 heteroatoms. The highest BCUT2D eigenvalue weighted by Gasteiger charge is 2.19. The highest BCUT2D eigenvalue weighted by Crippen LogP contribution is 2.30. The third kappa shape index (κ3) is 10.2. The van der Waals surface area contributed by atoms with E-state index in [0.29, 0.717) is 5.89 Å². The normalized spacial score (nSPS) is 11.8. The monoisotopic (exact) mass is 583 g/mol. The highest BCUT2D eigenvalue weighted by molar-refractivity contribution is 6.77. The van der Waals surface area contributed by atoms with Gasteiger partial charge in [-0.3, -0.25) is 0 Å². The number of nitrogens with zero attached hydrogens (tertiary/aromatic N) is 1. The van der Waals surface area contributed by atoms with Crippen LogP contribution >= 0.6 is 0 Å². The molecular formula is C38H53NO2Si. The van der Waals surface area contributed by atoms with E-state index in [-0.39, 0.29) is 0 Å². The number of rotatable bonds is 19. The summed E-state index contributed by atoms with van der Waals surface area (Å²) in [5, 5.41) is 0. The van der Waals surface area contributed by atoms with E-state index in [9.17, 15) is 0 Å². The molecule has 226 valence electrons. The van der Waals surface area contributed by atoms with Gasteiger partial charge in [0.25, 0.3) is 0 Å². The number of hydrogen-bond acceptors (Lipinski definition) is 3. The molecule has 0 unspecified atom stereocenters. The third-order valence-corrected chi connectivity index (χ3v) is 12.0. The van der Waals surface area contributed by atoms with Gasteiger partial charge in [-0.05, 0) is 72.4 Å². The fourth-order valence-corrected chi connectivity index (χ4v) is 8.43. The first kappa shape index (κ1) is 32.1. The number of fused-ring (bicyclic) bond motifs is 1. The van der Waals surface area contributed by atoms with E-state index in [0.717, 1.165) is 35.4 Å². The van der Waals surface area contributed by atoms with Crippen molar-refractivity contribution < 1.29 is 9.15 Å². The van der Waals surface area contributed by atoms with Crippen molar-refractivity contribution in [1.29, 1.82) is 0 Å². The van der Waals surface area contributed by atoms with Crippen LogP contribution in [0, 0.1) is 0 Å². The minimum atomic E-state index is -1.07. The first-order valence-corrected chi connectivity index (χ1v) is 20.1. The lowest BCUT2D eigenvalue weighted by Crippen LogP contribution is -2.25. The molecule has 0 atom stereocenters. The average Bonchev–Trinajstić information content (AvgIpc) is 3.44. The molecule has 0 radical (unpaired) electrons. The highest BCUT2D eigenvalue weighted by atomic mass is 28.3. The predicted octanol–water partition coefficient (Wildman–Crippen LogP) is 12.1. The van der Waals surface area contributed by atoms with Crippen LogP contribution in [-0.2, 0) is 6.42 Å². The largest absolute Gasteiger partial charge is 0.494 e. The molecule has 0 aliphatic rings. The van der Waals surface area contributed by atoms with Crippen molar-refractivity contribution in [3.63, 3.8) is 0 Å². The molecule has 1 heterocycles. The summed E-state index contributed by atoms with van der Waals surface area (Å²) >= 11 is 0. The fraction of sp³-hybridized carbons (Fsp3) is 0.500. The first-order chi connectivity index (χ1) is 20.5. The molecule has 0 spiro atoms. The van der Waals surface area contributed by atoms with E-state index >= 15 is 0 Å². The van der Waals surface area contributed by atoms with Crippen LogP contribution in [0.15, 0.2) is 71.1 Å². The Balaban J connectivity index is 1.26. The molecule has 0 aliphatic carbocycles. The van der Waals surface area contributed by atoms with Gasteiger partial charge < -0.3 is 9.15 Å². The van der Waals surface area contributed by atoms with Crippen LogP contribution in [0.25, 0.3) is 33.7 Å². The van der Waals surface area contributed by atoms with Crippen LogP contribution in [0.3, 0.4) is 0 Å². The van der Waals surface area contributed by atoms with Crippen LogP contribution in [0.2, 0.25) is 25.2 Å². The first-order valence-electron chi connectivity index (χ1n) is 16.7. The number of hydrogen-bond donors (Lipinski definition) is 0. The molecule has 4 aromatic rings. The summed E-state index contributed by atoms with van der Waals surface area (Å²) in [6.45, 7) is 10.4. The molecule has 0 amide bonds. The van der Waals surface area contributed by atoms with Crippen LogP contribution in [0.1, 0.15) is 90.0 Å². The van der Waals surface area contributed by atoms with Gasteiger partial charge in [-0.25, -0.2) is 4.98 Å².